The van der Waals surface area contributed by atoms with Crippen molar-refractivity contribution in [1.29, 1.82) is 0 Å². The quantitative estimate of drug-likeness (QED) is 0.864. The SMILES string of the molecule is CCOC(=O)c1cc(Sc2nnc(C)s2)ncc1N. The molecule has 19 heavy (non-hydrogen) atoms. The summed E-state index contributed by atoms with van der Waals surface area (Å²) < 4.78 is 5.70. The van der Waals surface area contributed by atoms with Gasteiger partial charge in [-0.2, -0.15) is 0 Å². The highest BCUT2D eigenvalue weighted by Crippen LogP contribution is 2.30. The number of carbonyl (C=O) groups excluding carboxylic acids is 1. The van der Waals surface area contributed by atoms with Crippen molar-refractivity contribution in [3.63, 3.8) is 0 Å². The molecule has 0 aromatic carbocycles. The molecule has 0 saturated heterocycles. The van der Waals surface area contributed by atoms with E-state index in [-0.39, 0.29) is 0 Å². The second kappa shape index (κ2) is 5.98. The minimum atomic E-state index is -0.447. The van der Waals surface area contributed by atoms with Gasteiger partial charge in [0.1, 0.15) is 10.0 Å². The maximum atomic E-state index is 11.7. The number of nitrogen functional groups attached to an aromatic ring is 1. The highest BCUT2D eigenvalue weighted by molar-refractivity contribution is 8.01. The molecule has 2 aromatic heterocycles. The summed E-state index contributed by atoms with van der Waals surface area (Å²) in [5.41, 5.74) is 6.34. The molecule has 0 spiro atoms. The summed E-state index contributed by atoms with van der Waals surface area (Å²) in [5, 5.41) is 9.42. The molecule has 0 atom stereocenters. The molecule has 2 heterocycles. The summed E-state index contributed by atoms with van der Waals surface area (Å²) >= 11 is 2.80. The van der Waals surface area contributed by atoms with Crippen molar-refractivity contribution in [2.75, 3.05) is 12.3 Å². The molecule has 0 aliphatic heterocycles. The largest absolute Gasteiger partial charge is 0.462 e. The van der Waals surface area contributed by atoms with Gasteiger partial charge >= 0.3 is 5.97 Å². The molecule has 0 bridgehead atoms. The monoisotopic (exact) mass is 296 g/mol. The van der Waals surface area contributed by atoms with Crippen LogP contribution in [0.4, 0.5) is 5.69 Å². The Bertz CT molecular complexity index is 600. The fraction of sp³-hybridized carbons (Fsp3) is 0.273. The Morgan fingerprint density at radius 2 is 2.32 bits per heavy atom. The van der Waals surface area contributed by atoms with Crippen LogP contribution in [0.5, 0.6) is 0 Å². The number of anilines is 1. The van der Waals surface area contributed by atoms with Crippen LogP contribution in [-0.2, 0) is 4.74 Å². The molecule has 0 fully saturated rings. The number of rotatable bonds is 4. The van der Waals surface area contributed by atoms with Gasteiger partial charge < -0.3 is 10.5 Å². The number of nitrogens with two attached hydrogens (primary N) is 1. The zero-order chi connectivity index (χ0) is 13.8. The van der Waals surface area contributed by atoms with Gasteiger partial charge in [-0.3, -0.25) is 0 Å². The summed E-state index contributed by atoms with van der Waals surface area (Å²) in [5.74, 6) is -0.447. The first-order chi connectivity index (χ1) is 9.10. The lowest BCUT2D eigenvalue weighted by atomic mass is 10.2. The number of ether oxygens (including phenoxy) is 1. The average molecular weight is 296 g/mol. The van der Waals surface area contributed by atoms with Crippen molar-refractivity contribution in [2.45, 2.75) is 23.2 Å². The Labute approximate surface area is 118 Å². The maximum absolute atomic E-state index is 11.7. The van der Waals surface area contributed by atoms with Gasteiger partial charge in [-0.1, -0.05) is 11.3 Å². The Morgan fingerprint density at radius 1 is 1.53 bits per heavy atom. The first kappa shape index (κ1) is 13.8. The van der Waals surface area contributed by atoms with Gasteiger partial charge in [0.25, 0.3) is 0 Å². The number of aryl methyl sites for hydroxylation is 1. The lowest BCUT2D eigenvalue weighted by molar-refractivity contribution is 0.0527. The van der Waals surface area contributed by atoms with Gasteiger partial charge in [0, 0.05) is 0 Å². The van der Waals surface area contributed by atoms with Crippen LogP contribution in [0.3, 0.4) is 0 Å². The van der Waals surface area contributed by atoms with Crippen molar-refractivity contribution in [3.8, 4) is 0 Å². The highest BCUT2D eigenvalue weighted by atomic mass is 32.2. The molecule has 8 heteroatoms. The maximum Gasteiger partial charge on any atom is 0.340 e. The summed E-state index contributed by atoms with van der Waals surface area (Å²) in [7, 11) is 0. The van der Waals surface area contributed by atoms with Crippen LogP contribution < -0.4 is 5.73 Å². The number of hydrogen-bond donors (Lipinski definition) is 1. The Balaban J connectivity index is 2.23. The van der Waals surface area contributed by atoms with Crippen LogP contribution in [0.25, 0.3) is 0 Å². The molecule has 0 unspecified atom stereocenters. The minimum absolute atomic E-state index is 0.302. The lowest BCUT2D eigenvalue weighted by Crippen LogP contribution is -2.08. The van der Waals surface area contributed by atoms with E-state index in [2.05, 4.69) is 15.2 Å². The average Bonchev–Trinajstić information content (AvgIpc) is 2.77. The van der Waals surface area contributed by atoms with E-state index < -0.39 is 5.97 Å². The third-order valence-corrected chi connectivity index (χ3v) is 3.93. The molecular formula is C11H12N4O2S2. The van der Waals surface area contributed by atoms with Crippen LogP contribution in [0.2, 0.25) is 0 Å². The van der Waals surface area contributed by atoms with E-state index >= 15 is 0 Å². The van der Waals surface area contributed by atoms with Crippen LogP contribution in [0, 0.1) is 6.92 Å². The first-order valence-corrected chi connectivity index (χ1v) is 7.14. The molecule has 0 radical (unpaired) electrons. The summed E-state index contributed by atoms with van der Waals surface area (Å²) in [6.45, 7) is 3.93. The van der Waals surface area contributed by atoms with Crippen molar-refractivity contribution in [1.82, 2.24) is 15.2 Å². The van der Waals surface area contributed by atoms with E-state index in [0.717, 1.165) is 9.35 Å². The normalized spacial score (nSPS) is 10.4. The number of carbonyl (C=O) groups is 1. The van der Waals surface area contributed by atoms with E-state index in [4.69, 9.17) is 10.5 Å². The minimum Gasteiger partial charge on any atom is -0.462 e. The standard InChI is InChI=1S/C11H12N4O2S2/c1-3-17-10(16)7-4-9(13-5-8(7)12)19-11-15-14-6(2)18-11/h4-5H,3,12H2,1-2H3. The van der Waals surface area contributed by atoms with Gasteiger partial charge in [0.15, 0.2) is 4.34 Å². The zero-order valence-electron chi connectivity index (χ0n) is 10.4. The van der Waals surface area contributed by atoms with Crippen molar-refractivity contribution >= 4 is 34.8 Å². The van der Waals surface area contributed by atoms with Crippen LogP contribution >= 0.6 is 23.1 Å². The van der Waals surface area contributed by atoms with Crippen molar-refractivity contribution < 1.29 is 9.53 Å². The van der Waals surface area contributed by atoms with Crippen molar-refractivity contribution in [3.05, 3.63) is 22.8 Å². The molecule has 0 aliphatic rings. The van der Waals surface area contributed by atoms with E-state index in [1.54, 1.807) is 13.0 Å². The first-order valence-electron chi connectivity index (χ1n) is 5.50. The van der Waals surface area contributed by atoms with E-state index in [1.165, 1.54) is 29.3 Å². The smallest absolute Gasteiger partial charge is 0.340 e. The van der Waals surface area contributed by atoms with Gasteiger partial charge in [-0.15, -0.1) is 10.2 Å². The van der Waals surface area contributed by atoms with Gasteiger partial charge in [-0.05, 0) is 31.7 Å². The van der Waals surface area contributed by atoms with E-state index in [0.29, 0.717) is 22.9 Å². The fourth-order valence-corrected chi connectivity index (χ4v) is 3.04. The Morgan fingerprint density at radius 3 is 2.95 bits per heavy atom. The molecule has 100 valence electrons. The molecule has 2 aromatic rings. The van der Waals surface area contributed by atoms with Crippen LogP contribution in [-0.4, -0.2) is 27.8 Å². The predicted molar refractivity (Wildman–Crippen MR) is 73.4 cm³/mol. The predicted octanol–water partition coefficient (Wildman–Crippen LogP) is 2.15. The summed E-state index contributed by atoms with van der Waals surface area (Å²) in [6, 6.07) is 1.61. The Hall–Kier alpha value is -1.67. The third-order valence-electron chi connectivity index (χ3n) is 2.10. The lowest BCUT2D eigenvalue weighted by Gasteiger charge is -2.06. The van der Waals surface area contributed by atoms with Gasteiger partial charge in [0.05, 0.1) is 24.1 Å². The second-order valence-corrected chi connectivity index (χ2v) is 5.97. The number of nitrogens with zero attached hydrogens (tertiary/aromatic N) is 3. The number of hydrogen-bond acceptors (Lipinski definition) is 8. The number of aromatic nitrogens is 3. The molecule has 0 saturated carbocycles. The van der Waals surface area contributed by atoms with Gasteiger partial charge in [0.2, 0.25) is 0 Å². The van der Waals surface area contributed by atoms with E-state index in [1.807, 2.05) is 6.92 Å². The molecule has 6 nitrogen and oxygen atoms in total. The van der Waals surface area contributed by atoms with E-state index in [9.17, 15) is 4.79 Å². The fourth-order valence-electron chi connectivity index (χ4n) is 1.30. The number of esters is 1. The highest BCUT2D eigenvalue weighted by Gasteiger charge is 2.14. The molecule has 0 aliphatic carbocycles. The van der Waals surface area contributed by atoms with Crippen LogP contribution in [0.15, 0.2) is 21.6 Å². The summed E-state index contributed by atoms with van der Waals surface area (Å²) in [6.07, 6.45) is 1.45. The topological polar surface area (TPSA) is 91.0 Å². The molecule has 2 N–H and O–H groups in total. The third kappa shape index (κ3) is 3.42. The van der Waals surface area contributed by atoms with Gasteiger partial charge in [-0.25, -0.2) is 9.78 Å². The zero-order valence-corrected chi connectivity index (χ0v) is 12.0. The summed E-state index contributed by atoms with van der Waals surface area (Å²) in [4.78, 5) is 15.9. The second-order valence-electron chi connectivity index (χ2n) is 3.52. The molecule has 0 amide bonds. The van der Waals surface area contributed by atoms with Crippen LogP contribution in [0.1, 0.15) is 22.3 Å². The number of pyridine rings is 1. The Kier molecular flexibility index (Phi) is 4.33. The molecule has 2 rings (SSSR count). The molecular weight excluding hydrogens is 284 g/mol. The van der Waals surface area contributed by atoms with Crippen molar-refractivity contribution in [2.24, 2.45) is 0 Å².